The lowest BCUT2D eigenvalue weighted by Gasteiger charge is -2.29. The maximum absolute atomic E-state index is 11.5. The predicted octanol–water partition coefficient (Wildman–Crippen LogP) is 1.27. The minimum absolute atomic E-state index is 0.226. The molecule has 1 rings (SSSR count). The van der Waals surface area contributed by atoms with Gasteiger partial charge in [0.1, 0.15) is 0 Å². The summed E-state index contributed by atoms with van der Waals surface area (Å²) in [6, 6.07) is 4.62. The lowest BCUT2D eigenvalue weighted by Crippen LogP contribution is -2.38. The van der Waals surface area contributed by atoms with Gasteiger partial charge < -0.3 is 20.0 Å². The van der Waals surface area contributed by atoms with Crippen molar-refractivity contribution in [1.82, 2.24) is 0 Å². The maximum atomic E-state index is 11.5. The first-order chi connectivity index (χ1) is 8.61. The van der Waals surface area contributed by atoms with Gasteiger partial charge in [-0.25, -0.2) is 0 Å². The monoisotopic (exact) mass is 308 g/mol. The quantitative estimate of drug-likeness (QED) is 0.602. The smallest absolute Gasteiger partial charge is 0.347 e. The zero-order chi connectivity index (χ0) is 14.8. The van der Waals surface area contributed by atoms with Crippen LogP contribution >= 0.6 is 19.2 Å². The SMILES string of the molecule is O=C(O)CC(C(=O)O)(c1ccc(Cl)cc1)P(=O)(O)O. The fraction of sp³-hybridized carbons (Fsp3) is 0.200. The third-order valence-corrected chi connectivity index (χ3v) is 4.43. The van der Waals surface area contributed by atoms with E-state index in [1.165, 1.54) is 12.1 Å². The number of aliphatic carboxylic acids is 2. The molecule has 0 radical (unpaired) electrons. The first kappa shape index (κ1) is 15.7. The first-order valence-electron chi connectivity index (χ1n) is 4.88. The van der Waals surface area contributed by atoms with Crippen molar-refractivity contribution in [2.24, 2.45) is 0 Å². The highest BCUT2D eigenvalue weighted by molar-refractivity contribution is 7.54. The molecule has 1 aromatic carbocycles. The highest BCUT2D eigenvalue weighted by atomic mass is 35.5. The molecule has 7 nitrogen and oxygen atoms in total. The summed E-state index contributed by atoms with van der Waals surface area (Å²) in [6.07, 6.45) is -1.24. The molecule has 1 aromatic rings. The molecule has 0 spiro atoms. The Hall–Kier alpha value is -1.40. The van der Waals surface area contributed by atoms with Gasteiger partial charge in [-0.2, -0.15) is 0 Å². The Morgan fingerprint density at radius 3 is 1.95 bits per heavy atom. The summed E-state index contributed by atoms with van der Waals surface area (Å²) in [6.45, 7) is 0. The number of carboxylic acids is 2. The van der Waals surface area contributed by atoms with Crippen molar-refractivity contribution in [2.45, 2.75) is 11.6 Å². The molecule has 104 valence electrons. The second-order valence-corrected chi connectivity index (χ2v) is 6.07. The highest BCUT2D eigenvalue weighted by Gasteiger charge is 2.56. The number of hydrogen-bond acceptors (Lipinski definition) is 3. The van der Waals surface area contributed by atoms with Gasteiger partial charge in [-0.3, -0.25) is 14.2 Å². The normalized spacial score (nSPS) is 14.7. The number of carbonyl (C=O) groups is 2. The Kier molecular flexibility index (Phi) is 4.37. The molecule has 1 atom stereocenters. The lowest BCUT2D eigenvalue weighted by molar-refractivity contribution is -0.147. The average Bonchev–Trinajstić information content (AvgIpc) is 2.24. The summed E-state index contributed by atoms with van der Waals surface area (Å²) < 4.78 is 11.5. The van der Waals surface area contributed by atoms with Crippen molar-refractivity contribution in [3.05, 3.63) is 34.9 Å². The van der Waals surface area contributed by atoms with Crippen molar-refractivity contribution in [3.8, 4) is 0 Å². The van der Waals surface area contributed by atoms with Crippen molar-refractivity contribution in [1.29, 1.82) is 0 Å². The summed E-state index contributed by atoms with van der Waals surface area (Å²) >= 11 is 5.60. The molecular formula is C10H10ClO7P. The Morgan fingerprint density at radius 2 is 1.63 bits per heavy atom. The van der Waals surface area contributed by atoms with E-state index in [4.69, 9.17) is 21.8 Å². The van der Waals surface area contributed by atoms with E-state index in [1.807, 2.05) is 0 Å². The van der Waals surface area contributed by atoms with Crippen molar-refractivity contribution in [3.63, 3.8) is 0 Å². The fourth-order valence-electron chi connectivity index (χ4n) is 1.64. The molecule has 0 aliphatic rings. The van der Waals surface area contributed by atoms with E-state index >= 15 is 0 Å². The molecule has 0 saturated carbocycles. The van der Waals surface area contributed by atoms with Gasteiger partial charge in [-0.1, -0.05) is 23.7 Å². The van der Waals surface area contributed by atoms with Crippen LogP contribution in [-0.2, 0) is 19.3 Å². The molecule has 0 aliphatic heterocycles. The van der Waals surface area contributed by atoms with Gasteiger partial charge in [0.2, 0.25) is 5.16 Å². The van der Waals surface area contributed by atoms with Crippen molar-refractivity contribution >= 4 is 31.1 Å². The molecule has 0 bridgehead atoms. The van der Waals surface area contributed by atoms with Crippen LogP contribution in [-0.4, -0.2) is 31.9 Å². The van der Waals surface area contributed by atoms with Crippen LogP contribution in [0, 0.1) is 0 Å². The molecule has 0 aromatic heterocycles. The van der Waals surface area contributed by atoms with Crippen LogP contribution in [0.3, 0.4) is 0 Å². The van der Waals surface area contributed by atoms with Crippen LogP contribution < -0.4 is 0 Å². The number of rotatable bonds is 5. The Bertz CT molecular complexity index is 550. The van der Waals surface area contributed by atoms with Crippen molar-refractivity contribution < 1.29 is 34.2 Å². The minimum atomic E-state index is -5.28. The third kappa shape index (κ3) is 2.96. The Balaban J connectivity index is 3.56. The highest BCUT2D eigenvalue weighted by Crippen LogP contribution is 2.59. The molecule has 0 amide bonds. The van der Waals surface area contributed by atoms with E-state index in [0.717, 1.165) is 12.1 Å². The molecule has 0 saturated heterocycles. The molecular weight excluding hydrogens is 299 g/mol. The predicted molar refractivity (Wildman–Crippen MR) is 65.1 cm³/mol. The molecule has 1 unspecified atom stereocenters. The van der Waals surface area contributed by atoms with Crippen molar-refractivity contribution in [2.75, 3.05) is 0 Å². The van der Waals surface area contributed by atoms with Crippen LogP contribution in [0.1, 0.15) is 12.0 Å². The number of hydrogen-bond donors (Lipinski definition) is 4. The van der Waals surface area contributed by atoms with Gasteiger partial charge in [-0.05, 0) is 17.7 Å². The van der Waals surface area contributed by atoms with E-state index in [0.29, 0.717) is 0 Å². The third-order valence-electron chi connectivity index (χ3n) is 2.58. The lowest BCUT2D eigenvalue weighted by atomic mass is 9.94. The Morgan fingerprint density at radius 1 is 1.16 bits per heavy atom. The summed E-state index contributed by atoms with van der Waals surface area (Å²) in [5.74, 6) is -3.55. The molecule has 9 heteroatoms. The molecule has 0 heterocycles. The largest absolute Gasteiger partial charge is 0.481 e. The summed E-state index contributed by atoms with van der Waals surface area (Å²) in [5, 5.41) is 15.3. The molecule has 0 fully saturated rings. The zero-order valence-corrected chi connectivity index (χ0v) is 11.0. The fourth-order valence-corrected chi connectivity index (χ4v) is 2.84. The molecule has 19 heavy (non-hydrogen) atoms. The van der Waals surface area contributed by atoms with E-state index in [-0.39, 0.29) is 10.6 Å². The van der Waals surface area contributed by atoms with Gasteiger partial charge in [0.05, 0.1) is 6.42 Å². The second kappa shape index (κ2) is 5.30. The van der Waals surface area contributed by atoms with Crippen LogP contribution in [0.2, 0.25) is 5.02 Å². The second-order valence-electron chi connectivity index (χ2n) is 3.79. The van der Waals surface area contributed by atoms with Gasteiger partial charge in [0.15, 0.2) is 0 Å². The van der Waals surface area contributed by atoms with Crippen LogP contribution in [0.5, 0.6) is 0 Å². The van der Waals surface area contributed by atoms with E-state index in [1.54, 1.807) is 0 Å². The summed E-state index contributed by atoms with van der Waals surface area (Å²) in [5.41, 5.74) is -0.319. The van der Waals surface area contributed by atoms with Gasteiger partial charge in [0.25, 0.3) is 0 Å². The maximum Gasteiger partial charge on any atom is 0.347 e. The van der Waals surface area contributed by atoms with Crippen LogP contribution in [0.25, 0.3) is 0 Å². The van der Waals surface area contributed by atoms with Crippen LogP contribution in [0.15, 0.2) is 24.3 Å². The number of carboxylic acid groups (broad SMARTS) is 2. The summed E-state index contributed by atoms with van der Waals surface area (Å²) in [7, 11) is -5.28. The van der Waals surface area contributed by atoms with E-state index in [2.05, 4.69) is 0 Å². The van der Waals surface area contributed by atoms with Gasteiger partial charge >= 0.3 is 19.5 Å². The van der Waals surface area contributed by atoms with E-state index in [9.17, 15) is 23.9 Å². The van der Waals surface area contributed by atoms with E-state index < -0.39 is 31.1 Å². The minimum Gasteiger partial charge on any atom is -0.481 e. The molecule has 4 N–H and O–H groups in total. The Labute approximate surface area is 112 Å². The first-order valence-corrected chi connectivity index (χ1v) is 6.87. The average molecular weight is 309 g/mol. The molecule has 0 aliphatic carbocycles. The number of halogens is 1. The zero-order valence-electron chi connectivity index (χ0n) is 9.36. The van der Waals surface area contributed by atoms with Gasteiger partial charge in [0, 0.05) is 5.02 Å². The number of benzene rings is 1. The standard InChI is InChI=1S/C10H10ClO7P/c11-7-3-1-6(2-4-7)10(9(14)15,5-8(12)13)19(16,17)18/h1-4H,5H2,(H,12,13)(H,14,15)(H2,16,17,18). The topological polar surface area (TPSA) is 132 Å². The summed E-state index contributed by atoms with van der Waals surface area (Å²) in [4.78, 5) is 40.7. The van der Waals surface area contributed by atoms with Gasteiger partial charge in [-0.15, -0.1) is 0 Å². The van der Waals surface area contributed by atoms with Crippen LogP contribution in [0.4, 0.5) is 0 Å².